The van der Waals surface area contributed by atoms with E-state index in [1.165, 1.54) is 4.90 Å². The molecule has 0 bridgehead atoms. The number of hydrogen-bond donors (Lipinski definition) is 4. The van der Waals surface area contributed by atoms with Gasteiger partial charge < -0.3 is 35.9 Å². The summed E-state index contributed by atoms with van der Waals surface area (Å²) in [5.74, 6) is -1.39. The number of hydrogen-bond acceptors (Lipinski definition) is 9. The van der Waals surface area contributed by atoms with Crippen LogP contribution in [0.15, 0.2) is 18.2 Å². The number of nitrogens with two attached hydrogens (primary N) is 2. The maximum atomic E-state index is 12.9. The monoisotopic (exact) mass is 491 g/mol. The number of amides is 4. The summed E-state index contributed by atoms with van der Waals surface area (Å²) < 4.78 is 16.1. The Morgan fingerprint density at radius 2 is 1.86 bits per heavy atom. The SMILES string of the molecule is NCCOCCOCC(N)COCCC(=O)Nc1cccc2c1CN(C1CCC(=O)NC1=O)C2=O. The van der Waals surface area contributed by atoms with Crippen molar-refractivity contribution in [2.75, 3.05) is 51.5 Å². The van der Waals surface area contributed by atoms with Crippen molar-refractivity contribution < 1.29 is 33.4 Å². The average molecular weight is 492 g/mol. The molecule has 6 N–H and O–H groups in total. The van der Waals surface area contributed by atoms with Gasteiger partial charge in [0.1, 0.15) is 6.04 Å². The van der Waals surface area contributed by atoms with Crippen LogP contribution in [0.1, 0.15) is 35.2 Å². The fraction of sp³-hybridized carbons (Fsp3) is 0.565. The molecule has 192 valence electrons. The number of carbonyl (C=O) groups is 4. The first-order valence-corrected chi connectivity index (χ1v) is 11.7. The van der Waals surface area contributed by atoms with E-state index in [0.717, 1.165) is 0 Å². The lowest BCUT2D eigenvalue weighted by Gasteiger charge is -2.29. The molecular weight excluding hydrogens is 458 g/mol. The smallest absolute Gasteiger partial charge is 0.255 e. The third kappa shape index (κ3) is 7.54. The number of carbonyl (C=O) groups excluding carboxylic acids is 4. The molecule has 1 aromatic carbocycles. The Morgan fingerprint density at radius 1 is 1.11 bits per heavy atom. The molecular formula is C23H33N5O7. The third-order valence-corrected chi connectivity index (χ3v) is 5.63. The van der Waals surface area contributed by atoms with Gasteiger partial charge in [-0.3, -0.25) is 24.5 Å². The van der Waals surface area contributed by atoms with Crippen LogP contribution < -0.4 is 22.1 Å². The van der Waals surface area contributed by atoms with E-state index < -0.39 is 11.9 Å². The Morgan fingerprint density at radius 3 is 2.60 bits per heavy atom. The molecule has 1 saturated heterocycles. The number of anilines is 1. The van der Waals surface area contributed by atoms with Crippen LogP contribution in [0.4, 0.5) is 5.69 Å². The molecule has 2 atom stereocenters. The highest BCUT2D eigenvalue weighted by molar-refractivity contribution is 6.06. The lowest BCUT2D eigenvalue weighted by Crippen LogP contribution is -2.52. The molecule has 2 aliphatic rings. The number of benzene rings is 1. The molecule has 0 radical (unpaired) electrons. The Bertz CT molecular complexity index is 926. The number of rotatable bonds is 14. The van der Waals surface area contributed by atoms with Crippen molar-refractivity contribution in [3.05, 3.63) is 29.3 Å². The predicted octanol–water partition coefficient (Wildman–Crippen LogP) is -0.888. The molecule has 12 heteroatoms. The first-order chi connectivity index (χ1) is 16.9. The first kappa shape index (κ1) is 26.7. The molecule has 3 rings (SSSR count). The molecule has 1 aromatic rings. The summed E-state index contributed by atoms with van der Waals surface area (Å²) in [7, 11) is 0. The molecule has 12 nitrogen and oxygen atoms in total. The van der Waals surface area contributed by atoms with E-state index in [9.17, 15) is 19.2 Å². The summed E-state index contributed by atoms with van der Waals surface area (Å²) in [4.78, 5) is 50.4. The second kappa shape index (κ2) is 13.3. The van der Waals surface area contributed by atoms with E-state index in [1.807, 2.05) is 0 Å². The molecule has 0 saturated carbocycles. The number of piperidine rings is 1. The highest BCUT2D eigenvalue weighted by atomic mass is 16.5. The van der Waals surface area contributed by atoms with E-state index in [4.69, 9.17) is 25.7 Å². The largest absolute Gasteiger partial charge is 0.379 e. The van der Waals surface area contributed by atoms with Gasteiger partial charge in [-0.05, 0) is 18.6 Å². The Balaban J connectivity index is 1.41. The van der Waals surface area contributed by atoms with Crippen LogP contribution in [0.2, 0.25) is 0 Å². The van der Waals surface area contributed by atoms with Crippen molar-refractivity contribution in [2.24, 2.45) is 11.5 Å². The van der Waals surface area contributed by atoms with Crippen molar-refractivity contribution in [2.45, 2.75) is 37.9 Å². The van der Waals surface area contributed by atoms with Gasteiger partial charge >= 0.3 is 0 Å². The van der Waals surface area contributed by atoms with E-state index in [0.29, 0.717) is 49.8 Å². The molecule has 2 unspecified atom stereocenters. The molecule has 0 aliphatic carbocycles. The van der Waals surface area contributed by atoms with Crippen LogP contribution >= 0.6 is 0 Å². The van der Waals surface area contributed by atoms with Gasteiger partial charge in [-0.25, -0.2) is 0 Å². The summed E-state index contributed by atoms with van der Waals surface area (Å²) in [6.45, 7) is 2.73. The Hall–Kier alpha value is -2.90. The van der Waals surface area contributed by atoms with Gasteiger partial charge in [0.15, 0.2) is 0 Å². The minimum Gasteiger partial charge on any atom is -0.379 e. The summed E-state index contributed by atoms with van der Waals surface area (Å²) >= 11 is 0. The molecule has 35 heavy (non-hydrogen) atoms. The van der Waals surface area contributed by atoms with Crippen LogP contribution in [0.3, 0.4) is 0 Å². The van der Waals surface area contributed by atoms with E-state index in [2.05, 4.69) is 10.6 Å². The Kier molecular flexibility index (Phi) is 10.1. The van der Waals surface area contributed by atoms with Crippen LogP contribution in [0, 0.1) is 0 Å². The molecule has 2 heterocycles. The van der Waals surface area contributed by atoms with Gasteiger partial charge in [0.25, 0.3) is 5.91 Å². The topological polar surface area (TPSA) is 175 Å². The number of nitrogens with zero attached hydrogens (tertiary/aromatic N) is 1. The van der Waals surface area contributed by atoms with Gasteiger partial charge in [-0.1, -0.05) is 6.07 Å². The maximum absolute atomic E-state index is 12.9. The lowest BCUT2D eigenvalue weighted by molar-refractivity contribution is -0.137. The normalized spacial score (nSPS) is 18.4. The highest BCUT2D eigenvalue weighted by Gasteiger charge is 2.39. The number of ether oxygens (including phenoxy) is 3. The summed E-state index contributed by atoms with van der Waals surface area (Å²) in [6, 6.07) is 4.02. The molecule has 4 amide bonds. The van der Waals surface area contributed by atoms with E-state index in [1.54, 1.807) is 18.2 Å². The van der Waals surface area contributed by atoms with Crippen molar-refractivity contribution in [1.29, 1.82) is 0 Å². The van der Waals surface area contributed by atoms with Crippen molar-refractivity contribution in [1.82, 2.24) is 10.2 Å². The molecule has 0 spiro atoms. The zero-order chi connectivity index (χ0) is 25.2. The number of nitrogens with one attached hydrogen (secondary N) is 2. The fourth-order valence-corrected chi connectivity index (χ4v) is 3.90. The number of fused-ring (bicyclic) bond motifs is 1. The molecule has 0 aromatic heterocycles. The summed E-state index contributed by atoms with van der Waals surface area (Å²) in [5, 5.41) is 5.10. The zero-order valence-corrected chi connectivity index (χ0v) is 19.6. The van der Waals surface area contributed by atoms with Crippen LogP contribution in [0.5, 0.6) is 0 Å². The van der Waals surface area contributed by atoms with Crippen molar-refractivity contribution >= 4 is 29.3 Å². The van der Waals surface area contributed by atoms with Gasteiger partial charge in [0, 0.05) is 36.3 Å². The lowest BCUT2D eigenvalue weighted by atomic mass is 10.0. The molecule has 1 fully saturated rings. The Labute approximate surface area is 203 Å². The minimum absolute atomic E-state index is 0.106. The van der Waals surface area contributed by atoms with Crippen LogP contribution in [-0.2, 0) is 35.1 Å². The standard InChI is InChI=1S/C23H33N5O7/c24-7-9-33-10-11-35-14-15(25)13-34-8-6-21(30)26-18-3-1-2-16-17(18)12-28(23(16)32)19-4-5-20(29)27-22(19)31/h1-3,15,19H,4-14,24-25H2,(H,26,30)(H,27,29,31). The van der Waals surface area contributed by atoms with Crippen molar-refractivity contribution in [3.63, 3.8) is 0 Å². The second-order valence-corrected chi connectivity index (χ2v) is 8.34. The minimum atomic E-state index is -0.712. The predicted molar refractivity (Wildman–Crippen MR) is 125 cm³/mol. The summed E-state index contributed by atoms with van der Waals surface area (Å²) in [5.41, 5.74) is 12.8. The maximum Gasteiger partial charge on any atom is 0.255 e. The van der Waals surface area contributed by atoms with Crippen molar-refractivity contribution in [3.8, 4) is 0 Å². The first-order valence-electron chi connectivity index (χ1n) is 11.7. The van der Waals surface area contributed by atoms with E-state index in [-0.39, 0.29) is 62.8 Å². The van der Waals surface area contributed by atoms with E-state index >= 15 is 0 Å². The quantitative estimate of drug-likeness (QED) is 0.190. The van der Waals surface area contributed by atoms with Gasteiger partial charge in [-0.2, -0.15) is 0 Å². The van der Waals surface area contributed by atoms with Gasteiger partial charge in [0.05, 0.1) is 52.1 Å². The fourth-order valence-electron chi connectivity index (χ4n) is 3.90. The van der Waals surface area contributed by atoms with Crippen LogP contribution in [0.25, 0.3) is 0 Å². The van der Waals surface area contributed by atoms with Gasteiger partial charge in [-0.15, -0.1) is 0 Å². The van der Waals surface area contributed by atoms with Crippen LogP contribution in [-0.4, -0.2) is 86.8 Å². The van der Waals surface area contributed by atoms with Gasteiger partial charge in [0.2, 0.25) is 17.7 Å². The molecule has 2 aliphatic heterocycles. The number of imide groups is 1. The zero-order valence-electron chi connectivity index (χ0n) is 19.6. The third-order valence-electron chi connectivity index (χ3n) is 5.63. The summed E-state index contributed by atoms with van der Waals surface area (Å²) in [6.07, 6.45) is 0.562. The highest BCUT2D eigenvalue weighted by Crippen LogP contribution is 2.32. The second-order valence-electron chi connectivity index (χ2n) is 8.34. The average Bonchev–Trinajstić information content (AvgIpc) is 3.16.